The fourth-order valence-electron chi connectivity index (χ4n) is 2.30. The summed E-state index contributed by atoms with van der Waals surface area (Å²) in [5.41, 5.74) is 0. The first-order valence-electron chi connectivity index (χ1n) is 5.90. The minimum absolute atomic E-state index is 0.363. The van der Waals surface area contributed by atoms with Crippen molar-refractivity contribution in [1.29, 1.82) is 0 Å². The van der Waals surface area contributed by atoms with Crippen LogP contribution in [-0.2, 0) is 14.9 Å². The Kier molecular flexibility index (Phi) is 3.84. The van der Waals surface area contributed by atoms with Gasteiger partial charge in [-0.25, -0.2) is 0 Å². The van der Waals surface area contributed by atoms with Crippen molar-refractivity contribution < 1.29 is 13.2 Å². The van der Waals surface area contributed by atoms with Gasteiger partial charge in [-0.2, -0.15) is 17.0 Å². The topological polar surface area (TPSA) is 49.9 Å². The van der Waals surface area contributed by atoms with Gasteiger partial charge in [-0.3, -0.25) is 0 Å². The van der Waals surface area contributed by atoms with E-state index in [0.717, 1.165) is 25.9 Å². The van der Waals surface area contributed by atoms with Crippen LogP contribution in [0.5, 0.6) is 0 Å². The Balaban J connectivity index is 1.93. The second-order valence-corrected chi connectivity index (χ2v) is 6.66. The first-order chi connectivity index (χ1) is 7.60. The Hall–Kier alpha value is -0.170. The van der Waals surface area contributed by atoms with Crippen LogP contribution in [0.3, 0.4) is 0 Å². The first-order valence-corrected chi connectivity index (χ1v) is 7.29. The maximum atomic E-state index is 12.1. The van der Waals surface area contributed by atoms with Crippen LogP contribution < -0.4 is 0 Å². The second-order valence-electron chi connectivity index (χ2n) is 4.62. The maximum Gasteiger partial charge on any atom is 0.281 e. The zero-order valence-corrected chi connectivity index (χ0v) is 10.6. The fourth-order valence-corrected chi connectivity index (χ4v) is 3.81. The molecule has 2 aliphatic rings. The van der Waals surface area contributed by atoms with Crippen molar-refractivity contribution >= 4 is 10.2 Å². The molecular formula is C10H20N2O3S. The molecule has 2 rings (SSSR count). The molecule has 1 unspecified atom stereocenters. The molecule has 0 amide bonds. The molecule has 5 nitrogen and oxygen atoms in total. The third-order valence-corrected chi connectivity index (χ3v) is 5.28. The van der Waals surface area contributed by atoms with Crippen LogP contribution in [0.1, 0.15) is 19.3 Å². The SMILES string of the molecule is CN(CC1CCOC1)S(=O)(=O)N1CCCC1. The Bertz CT molecular complexity index is 319. The van der Waals surface area contributed by atoms with Gasteiger partial charge in [0.25, 0.3) is 10.2 Å². The lowest BCUT2D eigenvalue weighted by atomic mass is 10.1. The van der Waals surface area contributed by atoms with Crippen molar-refractivity contribution in [2.24, 2.45) is 5.92 Å². The summed E-state index contributed by atoms with van der Waals surface area (Å²) >= 11 is 0. The zero-order chi connectivity index (χ0) is 11.6. The van der Waals surface area contributed by atoms with Crippen molar-refractivity contribution in [3.63, 3.8) is 0 Å². The molecule has 2 saturated heterocycles. The summed E-state index contributed by atoms with van der Waals surface area (Å²) in [6.45, 7) is 3.39. The molecule has 0 N–H and O–H groups in total. The van der Waals surface area contributed by atoms with E-state index in [1.807, 2.05) is 0 Å². The summed E-state index contributed by atoms with van der Waals surface area (Å²) in [5, 5.41) is 0. The molecule has 94 valence electrons. The average molecular weight is 248 g/mol. The summed E-state index contributed by atoms with van der Waals surface area (Å²) in [4.78, 5) is 0. The van der Waals surface area contributed by atoms with Crippen molar-refractivity contribution in [2.75, 3.05) is 39.9 Å². The largest absolute Gasteiger partial charge is 0.381 e. The lowest BCUT2D eigenvalue weighted by Gasteiger charge is -2.25. The summed E-state index contributed by atoms with van der Waals surface area (Å²) in [6, 6.07) is 0. The smallest absolute Gasteiger partial charge is 0.281 e. The summed E-state index contributed by atoms with van der Waals surface area (Å²) in [5.74, 6) is 0.363. The molecule has 6 heteroatoms. The maximum absolute atomic E-state index is 12.1. The Morgan fingerprint density at radius 1 is 1.38 bits per heavy atom. The van der Waals surface area contributed by atoms with Gasteiger partial charge in [0, 0.05) is 33.3 Å². The fraction of sp³-hybridized carbons (Fsp3) is 1.00. The van der Waals surface area contributed by atoms with Gasteiger partial charge in [-0.15, -0.1) is 0 Å². The molecule has 16 heavy (non-hydrogen) atoms. The van der Waals surface area contributed by atoms with Crippen molar-refractivity contribution in [3.05, 3.63) is 0 Å². The molecule has 0 aromatic heterocycles. The Morgan fingerprint density at radius 2 is 2.06 bits per heavy atom. The van der Waals surface area contributed by atoms with Crippen LogP contribution in [0.2, 0.25) is 0 Å². The minimum Gasteiger partial charge on any atom is -0.381 e. The van der Waals surface area contributed by atoms with E-state index < -0.39 is 10.2 Å². The molecule has 0 radical (unpaired) electrons. The molecule has 2 heterocycles. The molecule has 0 aliphatic carbocycles. The molecule has 0 aromatic rings. The zero-order valence-electron chi connectivity index (χ0n) is 9.76. The van der Waals surface area contributed by atoms with Crippen molar-refractivity contribution in [2.45, 2.75) is 19.3 Å². The Morgan fingerprint density at radius 3 is 2.62 bits per heavy atom. The van der Waals surface area contributed by atoms with Crippen LogP contribution in [0.4, 0.5) is 0 Å². The van der Waals surface area contributed by atoms with Crippen LogP contribution >= 0.6 is 0 Å². The van der Waals surface area contributed by atoms with E-state index in [1.54, 1.807) is 11.4 Å². The molecule has 0 bridgehead atoms. The van der Waals surface area contributed by atoms with Gasteiger partial charge in [0.2, 0.25) is 0 Å². The van der Waals surface area contributed by atoms with Crippen LogP contribution in [0.25, 0.3) is 0 Å². The van der Waals surface area contributed by atoms with Gasteiger partial charge in [0.1, 0.15) is 0 Å². The number of ether oxygens (including phenoxy) is 1. The third kappa shape index (κ3) is 2.56. The predicted molar refractivity (Wildman–Crippen MR) is 61.3 cm³/mol. The average Bonchev–Trinajstić information content (AvgIpc) is 2.89. The van der Waals surface area contributed by atoms with Crippen LogP contribution in [0, 0.1) is 5.92 Å². The summed E-state index contributed by atoms with van der Waals surface area (Å²) in [6.07, 6.45) is 2.94. The van der Waals surface area contributed by atoms with E-state index in [0.29, 0.717) is 32.2 Å². The van der Waals surface area contributed by atoms with Gasteiger partial charge in [-0.1, -0.05) is 0 Å². The first kappa shape index (κ1) is 12.3. The number of nitrogens with zero attached hydrogens (tertiary/aromatic N) is 2. The summed E-state index contributed by atoms with van der Waals surface area (Å²) in [7, 11) is -1.54. The van der Waals surface area contributed by atoms with E-state index in [-0.39, 0.29) is 0 Å². The molecule has 1 atom stereocenters. The number of rotatable bonds is 4. The molecule has 2 fully saturated rings. The van der Waals surface area contributed by atoms with Crippen LogP contribution in [0.15, 0.2) is 0 Å². The van der Waals surface area contributed by atoms with E-state index in [9.17, 15) is 8.42 Å². The monoisotopic (exact) mass is 248 g/mol. The van der Waals surface area contributed by atoms with Crippen molar-refractivity contribution in [1.82, 2.24) is 8.61 Å². The number of hydrogen-bond acceptors (Lipinski definition) is 3. The second kappa shape index (κ2) is 5.00. The quantitative estimate of drug-likeness (QED) is 0.719. The van der Waals surface area contributed by atoms with Gasteiger partial charge in [0.15, 0.2) is 0 Å². The molecular weight excluding hydrogens is 228 g/mol. The van der Waals surface area contributed by atoms with Crippen molar-refractivity contribution in [3.8, 4) is 0 Å². The molecule has 2 aliphatic heterocycles. The number of hydrogen-bond donors (Lipinski definition) is 0. The molecule has 0 aromatic carbocycles. The Labute approximate surface area is 97.5 Å². The van der Waals surface area contributed by atoms with E-state index in [1.165, 1.54) is 4.31 Å². The lowest BCUT2D eigenvalue weighted by Crippen LogP contribution is -2.42. The third-order valence-electron chi connectivity index (χ3n) is 3.32. The van der Waals surface area contributed by atoms with E-state index in [2.05, 4.69) is 0 Å². The van der Waals surface area contributed by atoms with E-state index >= 15 is 0 Å². The van der Waals surface area contributed by atoms with Gasteiger partial charge < -0.3 is 4.74 Å². The standard InChI is InChI=1S/C10H20N2O3S/c1-11(8-10-4-7-15-9-10)16(13,14)12-5-2-3-6-12/h10H,2-9H2,1H3. The van der Waals surface area contributed by atoms with Gasteiger partial charge >= 0.3 is 0 Å². The molecule has 0 saturated carbocycles. The predicted octanol–water partition coefficient (Wildman–Crippen LogP) is 0.295. The van der Waals surface area contributed by atoms with E-state index in [4.69, 9.17) is 4.74 Å². The highest BCUT2D eigenvalue weighted by Gasteiger charge is 2.31. The highest BCUT2D eigenvalue weighted by Crippen LogP contribution is 2.19. The highest BCUT2D eigenvalue weighted by atomic mass is 32.2. The molecule has 0 spiro atoms. The van der Waals surface area contributed by atoms with Gasteiger partial charge in [-0.05, 0) is 25.2 Å². The van der Waals surface area contributed by atoms with Gasteiger partial charge in [0.05, 0.1) is 6.61 Å². The minimum atomic E-state index is -3.22. The summed E-state index contributed by atoms with van der Waals surface area (Å²) < 4.78 is 32.6. The lowest BCUT2D eigenvalue weighted by molar-refractivity contribution is 0.181. The normalized spacial score (nSPS) is 28.0. The highest BCUT2D eigenvalue weighted by molar-refractivity contribution is 7.86. The van der Waals surface area contributed by atoms with Crippen LogP contribution in [-0.4, -0.2) is 56.9 Å².